The second-order valence-electron chi connectivity index (χ2n) is 6.98. The van der Waals surface area contributed by atoms with Crippen LogP contribution in [0.3, 0.4) is 0 Å². The fourth-order valence-electron chi connectivity index (χ4n) is 3.37. The number of benzene rings is 2. The summed E-state index contributed by atoms with van der Waals surface area (Å²) < 4.78 is 11.4. The van der Waals surface area contributed by atoms with Crippen molar-refractivity contribution in [1.29, 1.82) is 0 Å². The molecule has 1 aliphatic rings. The first kappa shape index (κ1) is 17.6. The minimum atomic E-state index is 0.529. The summed E-state index contributed by atoms with van der Waals surface area (Å²) in [6.45, 7) is 3.12. The van der Waals surface area contributed by atoms with Gasteiger partial charge >= 0.3 is 0 Å². The highest BCUT2D eigenvalue weighted by molar-refractivity contribution is 5.96. The number of nitrogens with zero attached hydrogens (tertiary/aromatic N) is 1. The van der Waals surface area contributed by atoms with Crippen molar-refractivity contribution in [3.63, 3.8) is 0 Å². The predicted octanol–water partition coefficient (Wildman–Crippen LogP) is 4.23. The molecule has 0 unspecified atom stereocenters. The van der Waals surface area contributed by atoms with E-state index in [1.807, 2.05) is 42.6 Å². The highest BCUT2D eigenvalue weighted by Gasteiger charge is 2.14. The van der Waals surface area contributed by atoms with Crippen molar-refractivity contribution in [2.24, 2.45) is 5.92 Å². The van der Waals surface area contributed by atoms with Gasteiger partial charge in [-0.05, 0) is 42.5 Å². The molecule has 5 nitrogen and oxygen atoms in total. The number of hydrogen-bond acceptors (Lipinski definition) is 5. The zero-order valence-corrected chi connectivity index (χ0v) is 15.4. The van der Waals surface area contributed by atoms with Crippen LogP contribution in [0.5, 0.6) is 5.75 Å². The number of ether oxygens (including phenoxy) is 2. The van der Waals surface area contributed by atoms with E-state index in [9.17, 15) is 0 Å². The van der Waals surface area contributed by atoms with E-state index in [0.29, 0.717) is 12.5 Å². The van der Waals surface area contributed by atoms with Crippen molar-refractivity contribution in [2.45, 2.75) is 19.4 Å². The molecule has 0 aliphatic carbocycles. The van der Waals surface area contributed by atoms with Crippen LogP contribution in [0.1, 0.15) is 18.4 Å². The monoisotopic (exact) mass is 363 g/mol. The first-order chi connectivity index (χ1) is 13.3. The molecule has 0 amide bonds. The first-order valence-electron chi connectivity index (χ1n) is 9.46. The number of hydrogen-bond donors (Lipinski definition) is 2. The lowest BCUT2D eigenvalue weighted by Gasteiger charge is -2.23. The van der Waals surface area contributed by atoms with E-state index < -0.39 is 0 Å². The fourth-order valence-corrected chi connectivity index (χ4v) is 3.37. The zero-order chi connectivity index (χ0) is 18.5. The molecule has 1 aliphatic heterocycles. The molecule has 2 aromatic carbocycles. The summed E-state index contributed by atoms with van der Waals surface area (Å²) in [6, 6.07) is 16.0. The largest absolute Gasteiger partial charge is 0.489 e. The Morgan fingerprint density at radius 2 is 1.93 bits per heavy atom. The Labute approximate surface area is 159 Å². The Bertz CT molecular complexity index is 893. The third kappa shape index (κ3) is 4.31. The van der Waals surface area contributed by atoms with Gasteiger partial charge in [-0.2, -0.15) is 0 Å². The molecule has 0 atom stereocenters. The van der Waals surface area contributed by atoms with Crippen molar-refractivity contribution in [3.05, 3.63) is 60.3 Å². The van der Waals surface area contributed by atoms with Gasteiger partial charge in [-0.15, -0.1) is 0 Å². The summed E-state index contributed by atoms with van der Waals surface area (Å²) in [5.74, 6) is 1.41. The maximum atomic E-state index is 6.43. The SMILES string of the molecule is Nc1c(NCC2CCOCC2)cnc2ccc(OCc3ccccc3)cc12. The summed E-state index contributed by atoms with van der Waals surface area (Å²) in [7, 11) is 0. The van der Waals surface area contributed by atoms with Crippen molar-refractivity contribution in [2.75, 3.05) is 30.8 Å². The Balaban J connectivity index is 1.48. The molecule has 3 aromatic rings. The number of nitrogen functional groups attached to an aromatic ring is 1. The van der Waals surface area contributed by atoms with Gasteiger partial charge in [-0.25, -0.2) is 0 Å². The van der Waals surface area contributed by atoms with Crippen LogP contribution in [-0.2, 0) is 11.3 Å². The van der Waals surface area contributed by atoms with Gasteiger partial charge in [0.25, 0.3) is 0 Å². The molecule has 1 aromatic heterocycles. The molecule has 2 heterocycles. The lowest BCUT2D eigenvalue weighted by atomic mass is 10.0. The standard InChI is InChI=1S/C22H25N3O2/c23-22-19-12-18(27-15-17-4-2-1-3-5-17)6-7-20(19)25-14-21(22)24-13-16-8-10-26-11-9-16/h1-7,12,14,16,24H,8-11,13,15H2,(H2,23,25). The summed E-state index contributed by atoms with van der Waals surface area (Å²) in [6.07, 6.45) is 4.00. The second kappa shape index (κ2) is 8.27. The van der Waals surface area contributed by atoms with Gasteiger partial charge < -0.3 is 20.5 Å². The van der Waals surface area contributed by atoms with Crippen molar-refractivity contribution in [1.82, 2.24) is 4.98 Å². The van der Waals surface area contributed by atoms with Gasteiger partial charge in [0.2, 0.25) is 0 Å². The zero-order valence-electron chi connectivity index (χ0n) is 15.4. The van der Waals surface area contributed by atoms with E-state index in [2.05, 4.69) is 22.4 Å². The Morgan fingerprint density at radius 1 is 1.11 bits per heavy atom. The molecule has 0 spiro atoms. The van der Waals surface area contributed by atoms with Crippen molar-refractivity contribution in [3.8, 4) is 5.75 Å². The minimum Gasteiger partial charge on any atom is -0.489 e. The van der Waals surface area contributed by atoms with Crippen LogP contribution < -0.4 is 15.8 Å². The van der Waals surface area contributed by atoms with Gasteiger partial charge in [0, 0.05) is 25.1 Å². The molecule has 3 N–H and O–H groups in total. The van der Waals surface area contributed by atoms with Gasteiger partial charge in [-0.1, -0.05) is 30.3 Å². The second-order valence-corrected chi connectivity index (χ2v) is 6.98. The van der Waals surface area contributed by atoms with Gasteiger partial charge in [-0.3, -0.25) is 4.98 Å². The maximum absolute atomic E-state index is 6.43. The fraction of sp³-hybridized carbons (Fsp3) is 0.318. The van der Waals surface area contributed by atoms with Crippen LogP contribution in [-0.4, -0.2) is 24.7 Å². The van der Waals surface area contributed by atoms with Crippen LogP contribution in [0, 0.1) is 5.92 Å². The molecule has 5 heteroatoms. The number of nitrogens with one attached hydrogen (secondary N) is 1. The normalized spacial score (nSPS) is 15.0. The number of anilines is 2. The molecular weight excluding hydrogens is 338 g/mol. The maximum Gasteiger partial charge on any atom is 0.120 e. The minimum absolute atomic E-state index is 0.529. The molecule has 1 fully saturated rings. The Morgan fingerprint density at radius 3 is 2.74 bits per heavy atom. The molecule has 140 valence electrons. The summed E-state index contributed by atoms with van der Waals surface area (Å²) in [5.41, 5.74) is 10.0. The van der Waals surface area contributed by atoms with Gasteiger partial charge in [0.05, 0.1) is 23.1 Å². The van der Waals surface area contributed by atoms with E-state index in [4.69, 9.17) is 15.2 Å². The van der Waals surface area contributed by atoms with Crippen LogP contribution in [0.4, 0.5) is 11.4 Å². The Hall–Kier alpha value is -2.79. The van der Waals surface area contributed by atoms with Crippen LogP contribution in [0.25, 0.3) is 10.9 Å². The molecule has 27 heavy (non-hydrogen) atoms. The number of aromatic nitrogens is 1. The van der Waals surface area contributed by atoms with E-state index >= 15 is 0 Å². The van der Waals surface area contributed by atoms with Crippen LogP contribution >= 0.6 is 0 Å². The molecule has 4 rings (SSSR count). The molecule has 1 saturated heterocycles. The van der Waals surface area contributed by atoms with Gasteiger partial charge in [0.15, 0.2) is 0 Å². The average Bonchev–Trinajstić information content (AvgIpc) is 2.73. The smallest absolute Gasteiger partial charge is 0.120 e. The third-order valence-corrected chi connectivity index (χ3v) is 5.05. The molecule has 0 saturated carbocycles. The first-order valence-corrected chi connectivity index (χ1v) is 9.46. The number of fused-ring (bicyclic) bond motifs is 1. The third-order valence-electron chi connectivity index (χ3n) is 5.05. The quantitative estimate of drug-likeness (QED) is 0.686. The lowest BCUT2D eigenvalue weighted by molar-refractivity contribution is 0.0699. The topological polar surface area (TPSA) is 69.4 Å². The van der Waals surface area contributed by atoms with E-state index in [0.717, 1.165) is 66.2 Å². The lowest BCUT2D eigenvalue weighted by Crippen LogP contribution is -2.23. The summed E-state index contributed by atoms with van der Waals surface area (Å²) >= 11 is 0. The molecule has 0 radical (unpaired) electrons. The summed E-state index contributed by atoms with van der Waals surface area (Å²) in [5, 5.41) is 4.38. The molecular formula is C22H25N3O2. The highest BCUT2D eigenvalue weighted by atomic mass is 16.5. The van der Waals surface area contributed by atoms with Crippen LogP contribution in [0.15, 0.2) is 54.7 Å². The van der Waals surface area contributed by atoms with E-state index in [1.54, 1.807) is 0 Å². The summed E-state index contributed by atoms with van der Waals surface area (Å²) in [4.78, 5) is 4.54. The number of rotatable bonds is 6. The number of pyridine rings is 1. The van der Waals surface area contributed by atoms with Crippen molar-refractivity contribution < 1.29 is 9.47 Å². The van der Waals surface area contributed by atoms with E-state index in [1.165, 1.54) is 0 Å². The van der Waals surface area contributed by atoms with Crippen LogP contribution in [0.2, 0.25) is 0 Å². The highest BCUT2D eigenvalue weighted by Crippen LogP contribution is 2.30. The Kier molecular flexibility index (Phi) is 5.39. The van der Waals surface area contributed by atoms with E-state index in [-0.39, 0.29) is 0 Å². The predicted molar refractivity (Wildman–Crippen MR) is 109 cm³/mol. The van der Waals surface area contributed by atoms with Crippen molar-refractivity contribution >= 4 is 22.3 Å². The molecule has 0 bridgehead atoms. The van der Waals surface area contributed by atoms with Gasteiger partial charge in [0.1, 0.15) is 12.4 Å². The average molecular weight is 363 g/mol. The number of nitrogens with two attached hydrogens (primary N) is 1.